The second kappa shape index (κ2) is 5.31. The summed E-state index contributed by atoms with van der Waals surface area (Å²) in [7, 11) is 0. The second-order valence-electron chi connectivity index (χ2n) is 5.60. The highest BCUT2D eigenvalue weighted by molar-refractivity contribution is 7.08. The zero-order valence-electron chi connectivity index (χ0n) is 12.3. The van der Waals surface area contributed by atoms with Crippen LogP contribution in [0.1, 0.15) is 23.4 Å². The number of allylic oxidation sites excluding steroid dienone is 1. The van der Waals surface area contributed by atoms with Crippen molar-refractivity contribution >= 4 is 33.9 Å². The van der Waals surface area contributed by atoms with Gasteiger partial charge < -0.3 is 0 Å². The molecule has 0 atom stereocenters. The van der Waals surface area contributed by atoms with E-state index in [-0.39, 0.29) is 16.5 Å². The Morgan fingerprint density at radius 1 is 1.25 bits per heavy atom. The third-order valence-electron chi connectivity index (χ3n) is 4.06. The highest BCUT2D eigenvalue weighted by Crippen LogP contribution is 2.32. The van der Waals surface area contributed by atoms with Gasteiger partial charge >= 0.3 is 6.18 Å². The minimum Gasteiger partial charge on any atom is -0.292 e. The number of hydrogen-bond acceptors (Lipinski definition) is 3. The molecule has 1 aliphatic heterocycles. The molecule has 1 aliphatic rings. The van der Waals surface area contributed by atoms with Gasteiger partial charge in [-0.3, -0.25) is 9.36 Å². The van der Waals surface area contributed by atoms with E-state index in [0.717, 1.165) is 23.3 Å². The zero-order valence-corrected chi connectivity index (χ0v) is 13.1. The van der Waals surface area contributed by atoms with Crippen LogP contribution in [0.5, 0.6) is 0 Å². The van der Waals surface area contributed by atoms with E-state index in [9.17, 15) is 18.0 Å². The van der Waals surface area contributed by atoms with Gasteiger partial charge in [0.2, 0.25) is 0 Å². The number of halogens is 3. The lowest BCUT2D eigenvalue weighted by Crippen LogP contribution is -2.21. The molecule has 3 aromatic rings. The predicted octanol–water partition coefficient (Wildman–Crippen LogP) is 4.42. The number of nitrogens with zero attached hydrogens (tertiary/aromatic N) is 2. The van der Waals surface area contributed by atoms with E-state index in [1.807, 2.05) is 22.9 Å². The first kappa shape index (κ1) is 15.1. The van der Waals surface area contributed by atoms with E-state index in [4.69, 9.17) is 0 Å². The van der Waals surface area contributed by atoms with Crippen LogP contribution in [0.15, 0.2) is 39.8 Å². The summed E-state index contributed by atoms with van der Waals surface area (Å²) in [5.74, 6) is 0.457. The minimum atomic E-state index is -4.46. The molecule has 0 bridgehead atoms. The molecule has 0 spiro atoms. The van der Waals surface area contributed by atoms with Crippen LogP contribution in [0.4, 0.5) is 13.2 Å². The summed E-state index contributed by atoms with van der Waals surface area (Å²) < 4.78 is 40.2. The van der Waals surface area contributed by atoms with Crippen molar-refractivity contribution in [1.29, 1.82) is 0 Å². The monoisotopic (exact) mass is 348 g/mol. The molecular formula is C17H11F3N2OS. The van der Waals surface area contributed by atoms with Crippen molar-refractivity contribution in [2.24, 2.45) is 0 Å². The van der Waals surface area contributed by atoms with E-state index < -0.39 is 11.7 Å². The molecule has 2 aromatic heterocycles. The van der Waals surface area contributed by atoms with Crippen LogP contribution in [-0.4, -0.2) is 9.55 Å². The number of thiophene rings is 1. The van der Waals surface area contributed by atoms with Gasteiger partial charge in [0, 0.05) is 6.54 Å². The molecule has 3 nitrogen and oxygen atoms in total. The van der Waals surface area contributed by atoms with Crippen LogP contribution < -0.4 is 5.56 Å². The number of fused-ring (bicyclic) bond motifs is 2. The maximum atomic E-state index is 12.9. The van der Waals surface area contributed by atoms with Crippen molar-refractivity contribution in [3.8, 4) is 0 Å². The van der Waals surface area contributed by atoms with Gasteiger partial charge in [-0.2, -0.15) is 24.5 Å². The fourth-order valence-corrected chi connectivity index (χ4v) is 3.51. The average Bonchev–Trinajstić information content (AvgIpc) is 3.17. The fourth-order valence-electron chi connectivity index (χ4n) is 2.89. The predicted molar refractivity (Wildman–Crippen MR) is 87.8 cm³/mol. The smallest absolute Gasteiger partial charge is 0.292 e. The molecule has 0 radical (unpaired) electrons. The number of rotatable bonds is 1. The largest absolute Gasteiger partial charge is 0.416 e. The molecule has 7 heteroatoms. The summed E-state index contributed by atoms with van der Waals surface area (Å²) in [6, 6.07) is 5.02. The van der Waals surface area contributed by atoms with Gasteiger partial charge in [-0.05, 0) is 58.7 Å². The van der Waals surface area contributed by atoms with Gasteiger partial charge in [-0.15, -0.1) is 0 Å². The van der Waals surface area contributed by atoms with Crippen LogP contribution in [-0.2, 0) is 12.7 Å². The van der Waals surface area contributed by atoms with Gasteiger partial charge in [0.05, 0.1) is 16.5 Å². The van der Waals surface area contributed by atoms with Crippen LogP contribution >= 0.6 is 11.3 Å². The lowest BCUT2D eigenvalue weighted by molar-refractivity contribution is -0.137. The Bertz CT molecular complexity index is 1020. The first-order valence-electron chi connectivity index (χ1n) is 7.28. The first-order chi connectivity index (χ1) is 11.4. The number of aromatic nitrogens is 2. The Kier molecular flexibility index (Phi) is 3.35. The van der Waals surface area contributed by atoms with Crippen molar-refractivity contribution in [2.45, 2.75) is 19.1 Å². The highest BCUT2D eigenvalue weighted by Gasteiger charge is 2.31. The van der Waals surface area contributed by atoms with Crippen LogP contribution in [0.2, 0.25) is 0 Å². The molecule has 0 saturated heterocycles. The maximum Gasteiger partial charge on any atom is 0.416 e. The van der Waals surface area contributed by atoms with E-state index in [2.05, 4.69) is 4.98 Å². The molecule has 122 valence electrons. The Morgan fingerprint density at radius 2 is 2.08 bits per heavy atom. The van der Waals surface area contributed by atoms with Gasteiger partial charge in [-0.25, -0.2) is 4.98 Å². The van der Waals surface area contributed by atoms with Crippen molar-refractivity contribution < 1.29 is 13.2 Å². The molecule has 0 saturated carbocycles. The SMILES string of the molecule is O=c1c2ccc(C(F)(F)F)cc2nc2n1CC/C2=C/c1ccsc1. The fraction of sp³-hybridized carbons (Fsp3) is 0.176. The molecule has 0 unspecified atom stereocenters. The Morgan fingerprint density at radius 3 is 2.79 bits per heavy atom. The molecular weight excluding hydrogens is 337 g/mol. The quantitative estimate of drug-likeness (QED) is 0.652. The first-order valence-corrected chi connectivity index (χ1v) is 8.23. The van der Waals surface area contributed by atoms with Gasteiger partial charge in [-0.1, -0.05) is 0 Å². The van der Waals surface area contributed by atoms with Crippen molar-refractivity contribution in [1.82, 2.24) is 9.55 Å². The summed E-state index contributed by atoms with van der Waals surface area (Å²) >= 11 is 1.56. The van der Waals surface area contributed by atoms with E-state index in [1.165, 1.54) is 10.6 Å². The van der Waals surface area contributed by atoms with Gasteiger partial charge in [0.15, 0.2) is 0 Å². The van der Waals surface area contributed by atoms with E-state index in [1.54, 1.807) is 11.3 Å². The van der Waals surface area contributed by atoms with Crippen molar-refractivity contribution in [3.05, 3.63) is 62.3 Å². The van der Waals surface area contributed by atoms with Crippen molar-refractivity contribution in [3.63, 3.8) is 0 Å². The maximum absolute atomic E-state index is 12.9. The standard InChI is InChI=1S/C17H11F3N2OS/c18-17(19,20)12-1-2-13-14(8-12)21-15-11(3-5-22(15)16(13)23)7-10-4-6-24-9-10/h1-2,4,6-9H,3,5H2/b11-7-. The molecule has 3 heterocycles. The molecule has 0 N–H and O–H groups in total. The summed E-state index contributed by atoms with van der Waals surface area (Å²) in [5, 5.41) is 4.12. The van der Waals surface area contributed by atoms with Crippen LogP contribution in [0.3, 0.4) is 0 Å². The summed E-state index contributed by atoms with van der Waals surface area (Å²) in [4.78, 5) is 16.9. The van der Waals surface area contributed by atoms with E-state index >= 15 is 0 Å². The Hall–Kier alpha value is -2.41. The normalized spacial score (nSPS) is 16.0. The lowest BCUT2D eigenvalue weighted by atomic mass is 10.1. The molecule has 0 amide bonds. The second-order valence-corrected chi connectivity index (χ2v) is 6.38. The van der Waals surface area contributed by atoms with Crippen molar-refractivity contribution in [2.75, 3.05) is 0 Å². The lowest BCUT2D eigenvalue weighted by Gasteiger charge is -2.09. The summed E-state index contributed by atoms with van der Waals surface area (Å²) in [6.07, 6.45) is -1.89. The van der Waals surface area contributed by atoms with E-state index in [0.29, 0.717) is 18.8 Å². The zero-order chi connectivity index (χ0) is 16.9. The summed E-state index contributed by atoms with van der Waals surface area (Å²) in [6.45, 7) is 0.494. The molecule has 0 aliphatic carbocycles. The Labute approximate surface area is 138 Å². The number of benzene rings is 1. The topological polar surface area (TPSA) is 34.9 Å². The molecule has 4 rings (SSSR count). The molecule has 0 fully saturated rings. The van der Waals surface area contributed by atoms with Crippen LogP contribution in [0, 0.1) is 0 Å². The third kappa shape index (κ3) is 2.45. The number of alkyl halides is 3. The Balaban J connectivity index is 1.92. The molecule has 24 heavy (non-hydrogen) atoms. The minimum absolute atomic E-state index is 0.0826. The number of hydrogen-bond donors (Lipinski definition) is 0. The van der Waals surface area contributed by atoms with Gasteiger partial charge in [0.25, 0.3) is 5.56 Å². The highest BCUT2D eigenvalue weighted by atomic mass is 32.1. The van der Waals surface area contributed by atoms with Gasteiger partial charge in [0.1, 0.15) is 5.82 Å². The average molecular weight is 348 g/mol. The molecule has 1 aromatic carbocycles. The summed E-state index contributed by atoms with van der Waals surface area (Å²) in [5.41, 5.74) is 0.858. The third-order valence-corrected chi connectivity index (χ3v) is 4.76. The van der Waals surface area contributed by atoms with Crippen LogP contribution in [0.25, 0.3) is 22.6 Å².